The number of aromatic nitrogens is 3. The topological polar surface area (TPSA) is 29.2 Å². The molecule has 4 aliphatic rings. The van der Waals surface area contributed by atoms with Gasteiger partial charge in [-0.3, -0.25) is 0 Å². The Morgan fingerprint density at radius 2 is 0.786 bits per heavy atom. The zero-order chi connectivity index (χ0) is 45.9. The van der Waals surface area contributed by atoms with Crippen LogP contribution in [0.5, 0.6) is 0 Å². The lowest BCUT2D eigenvalue weighted by Gasteiger charge is -2.34. The fourth-order valence-electron chi connectivity index (χ4n) is 13.7. The molecule has 70 heavy (non-hydrogen) atoms. The number of hydrogen-bond acceptors (Lipinski definition) is 3. The van der Waals surface area contributed by atoms with E-state index in [4.69, 9.17) is 4.98 Å². The molecule has 4 atom stereocenters. The predicted molar refractivity (Wildman–Crippen MR) is 291 cm³/mol. The quantitative estimate of drug-likeness (QED) is 0.166. The lowest BCUT2D eigenvalue weighted by Crippen LogP contribution is -2.33. The van der Waals surface area contributed by atoms with Crippen LogP contribution in [0.25, 0.3) is 77.2 Å². The van der Waals surface area contributed by atoms with Crippen molar-refractivity contribution in [1.82, 2.24) is 14.1 Å². The van der Waals surface area contributed by atoms with Crippen LogP contribution in [0, 0.1) is 0 Å². The summed E-state index contributed by atoms with van der Waals surface area (Å²) < 4.78 is 4.81. The zero-order valence-corrected chi connectivity index (χ0v) is 39.3. The molecule has 0 radical (unpaired) electrons. The molecule has 2 aliphatic carbocycles. The first-order valence-corrected chi connectivity index (χ1v) is 25.7. The van der Waals surface area contributed by atoms with E-state index in [2.05, 4.69) is 219 Å². The average molecular weight is 904 g/mol. The van der Waals surface area contributed by atoms with E-state index in [-0.39, 0.29) is 0 Å². The number of fused-ring (bicyclic) bond motifs is 12. The number of hydrogen-bond donors (Lipinski definition) is 0. The minimum atomic E-state index is 0.423. The molecule has 2 aliphatic heterocycles. The monoisotopic (exact) mass is 903 g/mol. The third kappa shape index (κ3) is 6.06. The molecule has 3 aromatic heterocycles. The van der Waals surface area contributed by atoms with Crippen LogP contribution in [0.1, 0.15) is 74.3 Å². The van der Waals surface area contributed by atoms with Gasteiger partial charge in [-0.2, -0.15) is 0 Å². The normalized spacial score (nSPS) is 19.5. The standard InChI is InChI=1S/C65H53N5/c1-3-15-46(16-4-1)67-57-23-11-7-19-49(57)53-37-42(27-32-61(53)67)44-29-34-63-55(39-44)51-21-9-13-25-59(51)69(63)48-31-36-65(66-41-48)70-60-26-14-10-22-52(60)56-40-45(30-35-64(56)70)43-28-33-62-54(38-43)50-20-8-12-24-58(50)68(62)47-17-5-2-6-18-47/h1-8,11-12,15-20,23-24,27-41,51-52,59-60H,9-10,13-14,21-22,25-26H2. The molecule has 2 fully saturated rings. The van der Waals surface area contributed by atoms with Crippen LogP contribution in [-0.2, 0) is 0 Å². The Kier molecular flexibility index (Phi) is 9.05. The van der Waals surface area contributed by atoms with Gasteiger partial charge < -0.3 is 18.9 Å². The van der Waals surface area contributed by atoms with Crippen molar-refractivity contribution in [1.29, 1.82) is 0 Å². The lowest BCUT2D eigenvalue weighted by molar-refractivity contribution is 0.400. The summed E-state index contributed by atoms with van der Waals surface area (Å²) in [4.78, 5) is 10.7. The fraction of sp³-hybridized carbons (Fsp3) is 0.185. The van der Waals surface area contributed by atoms with Gasteiger partial charge in [0.1, 0.15) is 5.82 Å². The molecule has 0 saturated heterocycles. The Bertz CT molecular complexity index is 3580. The lowest BCUT2D eigenvalue weighted by atomic mass is 9.82. The highest BCUT2D eigenvalue weighted by molar-refractivity contribution is 6.11. The molecule has 0 spiro atoms. The van der Waals surface area contributed by atoms with Crippen LogP contribution in [0.4, 0.5) is 22.9 Å². The molecule has 2 saturated carbocycles. The van der Waals surface area contributed by atoms with Gasteiger partial charge in [-0.25, -0.2) is 4.98 Å². The molecular formula is C65H53N5. The molecular weight excluding hydrogens is 851 g/mol. The van der Waals surface area contributed by atoms with Gasteiger partial charge in [-0.05, 0) is 156 Å². The summed E-state index contributed by atoms with van der Waals surface area (Å²) >= 11 is 0. The van der Waals surface area contributed by atoms with Crippen molar-refractivity contribution in [3.8, 4) is 33.6 Å². The van der Waals surface area contributed by atoms with Gasteiger partial charge in [-0.15, -0.1) is 0 Å². The van der Waals surface area contributed by atoms with Crippen molar-refractivity contribution >= 4 is 66.5 Å². The summed E-state index contributed by atoms with van der Waals surface area (Å²) in [5.41, 5.74) is 19.3. The van der Waals surface area contributed by atoms with Crippen molar-refractivity contribution in [3.63, 3.8) is 0 Å². The second kappa shape index (κ2) is 15.8. The number of benzene rings is 8. The minimum Gasteiger partial charge on any atom is -0.336 e. The first-order valence-electron chi connectivity index (χ1n) is 25.7. The summed E-state index contributed by atoms with van der Waals surface area (Å²) in [5.74, 6) is 2.08. The third-order valence-electron chi connectivity index (χ3n) is 16.8. The molecule has 8 aromatic carbocycles. The first-order chi connectivity index (χ1) is 34.7. The van der Waals surface area contributed by atoms with Gasteiger partial charge in [0, 0.05) is 68.2 Å². The number of nitrogens with zero attached hydrogens (tertiary/aromatic N) is 5. The summed E-state index contributed by atoms with van der Waals surface area (Å²) in [6.45, 7) is 0. The van der Waals surface area contributed by atoms with E-state index in [9.17, 15) is 0 Å². The summed E-state index contributed by atoms with van der Waals surface area (Å²) in [6, 6.07) is 73.5. The van der Waals surface area contributed by atoms with Gasteiger partial charge in [0.25, 0.3) is 0 Å². The molecule has 5 heterocycles. The maximum Gasteiger partial charge on any atom is 0.133 e. The van der Waals surface area contributed by atoms with Crippen LogP contribution in [0.2, 0.25) is 0 Å². The Labute approximate surface area is 408 Å². The molecule has 15 rings (SSSR count). The van der Waals surface area contributed by atoms with Crippen molar-refractivity contribution in [2.24, 2.45) is 0 Å². The largest absolute Gasteiger partial charge is 0.336 e. The molecule has 5 nitrogen and oxygen atoms in total. The molecule has 0 bridgehead atoms. The van der Waals surface area contributed by atoms with E-state index in [1.165, 1.54) is 157 Å². The highest BCUT2D eigenvalue weighted by Gasteiger charge is 2.43. The number of para-hydroxylation sites is 4. The van der Waals surface area contributed by atoms with Gasteiger partial charge in [0.15, 0.2) is 0 Å². The second-order valence-electron chi connectivity index (χ2n) is 20.4. The summed E-state index contributed by atoms with van der Waals surface area (Å²) in [6.07, 6.45) is 12.1. The zero-order valence-electron chi connectivity index (χ0n) is 39.3. The molecule has 0 amide bonds. The van der Waals surface area contributed by atoms with Crippen LogP contribution < -0.4 is 9.80 Å². The van der Waals surface area contributed by atoms with Crippen molar-refractivity contribution in [3.05, 3.63) is 211 Å². The number of anilines is 4. The SMILES string of the molecule is c1ccc(-n2c3ccccc3c3cc(-c4ccc5c(c4)C4CCCCC4N5c4ccc(N5c6ccc(-c7ccc8c(c7)c7ccccc7n8-c7ccccc7)cc6C6CCCCC65)nc4)ccc32)cc1. The molecule has 11 aromatic rings. The van der Waals surface area contributed by atoms with Crippen LogP contribution >= 0.6 is 0 Å². The van der Waals surface area contributed by atoms with E-state index in [0.29, 0.717) is 23.9 Å². The predicted octanol–water partition coefficient (Wildman–Crippen LogP) is 17.0. The molecule has 5 heteroatoms. The second-order valence-corrected chi connectivity index (χ2v) is 20.4. The Hall–Kier alpha value is -7.89. The van der Waals surface area contributed by atoms with Gasteiger partial charge in [0.2, 0.25) is 0 Å². The summed E-state index contributed by atoms with van der Waals surface area (Å²) in [7, 11) is 0. The van der Waals surface area contributed by atoms with Crippen LogP contribution in [-0.4, -0.2) is 26.2 Å². The fourth-order valence-corrected chi connectivity index (χ4v) is 13.7. The maximum absolute atomic E-state index is 5.40. The van der Waals surface area contributed by atoms with Crippen molar-refractivity contribution in [2.75, 3.05) is 9.80 Å². The number of pyridine rings is 1. The van der Waals surface area contributed by atoms with E-state index in [1.807, 2.05) is 0 Å². The van der Waals surface area contributed by atoms with Crippen molar-refractivity contribution < 1.29 is 0 Å². The van der Waals surface area contributed by atoms with Crippen LogP contribution in [0.3, 0.4) is 0 Å². The van der Waals surface area contributed by atoms with E-state index >= 15 is 0 Å². The van der Waals surface area contributed by atoms with Gasteiger partial charge in [-0.1, -0.05) is 123 Å². The summed E-state index contributed by atoms with van der Waals surface area (Å²) in [5, 5.41) is 5.17. The van der Waals surface area contributed by atoms with E-state index in [0.717, 1.165) is 5.82 Å². The Morgan fingerprint density at radius 3 is 1.31 bits per heavy atom. The Morgan fingerprint density at radius 1 is 0.343 bits per heavy atom. The minimum absolute atomic E-state index is 0.423. The smallest absolute Gasteiger partial charge is 0.133 e. The highest BCUT2D eigenvalue weighted by Crippen LogP contribution is 2.54. The average Bonchev–Trinajstić information content (AvgIpc) is 4.16. The highest BCUT2D eigenvalue weighted by atomic mass is 15.3. The van der Waals surface area contributed by atoms with Gasteiger partial charge in [0.05, 0.1) is 34.0 Å². The van der Waals surface area contributed by atoms with Gasteiger partial charge >= 0.3 is 0 Å². The third-order valence-corrected chi connectivity index (χ3v) is 16.8. The maximum atomic E-state index is 5.40. The Balaban J connectivity index is 0.760. The first kappa shape index (κ1) is 40.0. The van der Waals surface area contributed by atoms with Crippen molar-refractivity contribution in [2.45, 2.75) is 75.3 Å². The van der Waals surface area contributed by atoms with E-state index < -0.39 is 0 Å². The number of rotatable bonds is 6. The van der Waals surface area contributed by atoms with E-state index in [1.54, 1.807) is 0 Å². The molecule has 0 N–H and O–H groups in total. The van der Waals surface area contributed by atoms with Crippen LogP contribution in [0.15, 0.2) is 200 Å². The molecule has 338 valence electrons. The molecule has 4 unspecified atom stereocenters.